The number of hydrogen-bond acceptors (Lipinski definition) is 1. The van der Waals surface area contributed by atoms with Crippen molar-refractivity contribution < 1.29 is 0 Å². The maximum atomic E-state index is 4.68. The minimum atomic E-state index is 0.580. The van der Waals surface area contributed by atoms with Crippen LogP contribution in [0, 0.1) is 0 Å². The van der Waals surface area contributed by atoms with Gasteiger partial charge in [0.25, 0.3) is 0 Å². The molecule has 3 rings (SSSR count). The topological polar surface area (TPSA) is 28.7 Å². The third-order valence-corrected chi connectivity index (χ3v) is 3.43. The largest absolute Gasteiger partial charge is 0.342 e. The number of hydrogen-bond donors (Lipinski definition) is 1. The normalized spacial score (nSPS) is 21.1. The number of aromatic nitrogens is 2. The first-order chi connectivity index (χ1) is 7.83. The van der Waals surface area contributed by atoms with E-state index in [4.69, 9.17) is 0 Å². The number of fused-ring (bicyclic) bond motifs is 1. The van der Waals surface area contributed by atoms with E-state index in [1.54, 1.807) is 0 Å². The molecule has 1 N–H and O–H groups in total. The summed E-state index contributed by atoms with van der Waals surface area (Å²) in [6.45, 7) is 2.22. The van der Waals surface area contributed by atoms with Crippen LogP contribution in [0.15, 0.2) is 35.9 Å². The van der Waals surface area contributed by atoms with E-state index in [0.29, 0.717) is 5.92 Å². The van der Waals surface area contributed by atoms with Gasteiger partial charge in [0.1, 0.15) is 5.82 Å². The van der Waals surface area contributed by atoms with Crippen molar-refractivity contribution in [1.29, 1.82) is 0 Å². The van der Waals surface area contributed by atoms with Crippen LogP contribution in [0.1, 0.15) is 37.9 Å². The van der Waals surface area contributed by atoms with E-state index in [2.05, 4.69) is 41.2 Å². The van der Waals surface area contributed by atoms with Crippen LogP contribution in [0.2, 0.25) is 0 Å². The molecule has 0 spiro atoms. The molecule has 2 heteroatoms. The Morgan fingerprint density at radius 2 is 2.19 bits per heavy atom. The molecule has 1 aromatic heterocycles. The lowest BCUT2D eigenvalue weighted by molar-refractivity contribution is 0.575. The van der Waals surface area contributed by atoms with Gasteiger partial charge in [0, 0.05) is 5.92 Å². The molecule has 1 unspecified atom stereocenters. The zero-order valence-electron chi connectivity index (χ0n) is 9.53. The van der Waals surface area contributed by atoms with Crippen LogP contribution in [0.25, 0.3) is 11.0 Å². The predicted octanol–water partition coefficient (Wildman–Crippen LogP) is 3.78. The van der Waals surface area contributed by atoms with Crippen molar-refractivity contribution in [3.63, 3.8) is 0 Å². The smallest absolute Gasteiger partial charge is 0.110 e. The second kappa shape index (κ2) is 3.78. The summed E-state index contributed by atoms with van der Waals surface area (Å²) in [5.74, 6) is 1.74. The molecule has 2 aromatic rings. The molecular weight excluding hydrogens is 196 g/mol. The van der Waals surface area contributed by atoms with Gasteiger partial charge in [-0.2, -0.15) is 0 Å². The third-order valence-electron chi connectivity index (χ3n) is 3.43. The number of benzene rings is 1. The fraction of sp³-hybridized carbons (Fsp3) is 0.357. The van der Waals surface area contributed by atoms with Crippen LogP contribution in [0.3, 0.4) is 0 Å². The lowest BCUT2D eigenvalue weighted by atomic mass is 9.90. The Morgan fingerprint density at radius 1 is 1.31 bits per heavy atom. The van der Waals surface area contributed by atoms with Gasteiger partial charge in [0.2, 0.25) is 0 Å². The molecule has 16 heavy (non-hydrogen) atoms. The van der Waals surface area contributed by atoms with Gasteiger partial charge >= 0.3 is 0 Å². The Bertz CT molecular complexity index is 503. The number of rotatable bonds is 1. The number of nitrogens with one attached hydrogen (secondary N) is 1. The number of nitrogens with zero attached hydrogens (tertiary/aromatic N) is 1. The van der Waals surface area contributed by atoms with Crippen LogP contribution in [-0.4, -0.2) is 9.97 Å². The Morgan fingerprint density at radius 3 is 2.94 bits per heavy atom. The van der Waals surface area contributed by atoms with E-state index in [9.17, 15) is 0 Å². The zero-order chi connectivity index (χ0) is 11.0. The fourth-order valence-electron chi connectivity index (χ4n) is 2.38. The molecule has 1 aliphatic carbocycles. The van der Waals surface area contributed by atoms with Crippen molar-refractivity contribution >= 4 is 11.0 Å². The highest BCUT2D eigenvalue weighted by Gasteiger charge is 2.17. The van der Waals surface area contributed by atoms with Gasteiger partial charge in [-0.15, -0.1) is 0 Å². The van der Waals surface area contributed by atoms with Gasteiger partial charge in [-0.25, -0.2) is 4.98 Å². The first-order valence-corrected chi connectivity index (χ1v) is 5.93. The average molecular weight is 212 g/mol. The summed E-state index contributed by atoms with van der Waals surface area (Å²) in [6, 6.07) is 8.25. The Hall–Kier alpha value is -1.57. The lowest BCUT2D eigenvalue weighted by Gasteiger charge is -2.17. The van der Waals surface area contributed by atoms with Crippen LogP contribution in [0.5, 0.6) is 0 Å². The first-order valence-electron chi connectivity index (χ1n) is 5.93. The second-order valence-electron chi connectivity index (χ2n) is 4.66. The molecule has 0 amide bonds. The molecule has 2 nitrogen and oxygen atoms in total. The molecule has 0 saturated heterocycles. The highest BCUT2D eigenvalue weighted by Crippen LogP contribution is 2.31. The lowest BCUT2D eigenvalue weighted by Crippen LogP contribution is -2.04. The van der Waals surface area contributed by atoms with E-state index in [0.717, 1.165) is 23.3 Å². The SMILES string of the molecule is CC1=CCC(c2nc3ccccc3[nH]2)CC1. The minimum absolute atomic E-state index is 0.580. The van der Waals surface area contributed by atoms with Gasteiger partial charge in [-0.3, -0.25) is 0 Å². The molecule has 0 fully saturated rings. The number of allylic oxidation sites excluding steroid dienone is 2. The summed E-state index contributed by atoms with van der Waals surface area (Å²) >= 11 is 0. The molecule has 1 atom stereocenters. The summed E-state index contributed by atoms with van der Waals surface area (Å²) < 4.78 is 0. The summed E-state index contributed by atoms with van der Waals surface area (Å²) in [6.07, 6.45) is 5.91. The number of aromatic amines is 1. The van der Waals surface area contributed by atoms with Gasteiger partial charge in [-0.05, 0) is 38.3 Å². The second-order valence-corrected chi connectivity index (χ2v) is 4.66. The molecule has 0 bridgehead atoms. The van der Waals surface area contributed by atoms with Crippen molar-refractivity contribution in [2.45, 2.75) is 32.1 Å². The maximum Gasteiger partial charge on any atom is 0.110 e. The molecule has 1 heterocycles. The molecular formula is C14H16N2. The third kappa shape index (κ3) is 1.64. The Kier molecular flexibility index (Phi) is 2.28. The van der Waals surface area contributed by atoms with Gasteiger partial charge in [0.15, 0.2) is 0 Å². The van der Waals surface area contributed by atoms with E-state index in [-0.39, 0.29) is 0 Å². The van der Waals surface area contributed by atoms with Crippen molar-refractivity contribution in [1.82, 2.24) is 9.97 Å². The van der Waals surface area contributed by atoms with E-state index in [1.165, 1.54) is 18.4 Å². The van der Waals surface area contributed by atoms with E-state index >= 15 is 0 Å². The summed E-state index contributed by atoms with van der Waals surface area (Å²) in [7, 11) is 0. The van der Waals surface area contributed by atoms with Crippen molar-refractivity contribution in [2.24, 2.45) is 0 Å². The van der Waals surface area contributed by atoms with Gasteiger partial charge in [-0.1, -0.05) is 23.8 Å². The van der Waals surface area contributed by atoms with Crippen molar-refractivity contribution in [3.8, 4) is 0 Å². The quantitative estimate of drug-likeness (QED) is 0.716. The van der Waals surface area contributed by atoms with E-state index < -0.39 is 0 Å². The summed E-state index contributed by atoms with van der Waals surface area (Å²) in [4.78, 5) is 8.12. The molecule has 0 radical (unpaired) electrons. The fourth-order valence-corrected chi connectivity index (χ4v) is 2.38. The standard InChI is InChI=1S/C14H16N2/c1-10-6-8-11(9-7-10)14-15-12-4-2-3-5-13(12)16-14/h2-6,11H,7-9H2,1H3,(H,15,16). The van der Waals surface area contributed by atoms with Crippen molar-refractivity contribution in [3.05, 3.63) is 41.7 Å². The van der Waals surface area contributed by atoms with Gasteiger partial charge in [0.05, 0.1) is 11.0 Å². The minimum Gasteiger partial charge on any atom is -0.342 e. The maximum absolute atomic E-state index is 4.68. The number of H-pyrrole nitrogens is 1. The first kappa shape index (κ1) is 9.64. The number of para-hydroxylation sites is 2. The highest BCUT2D eigenvalue weighted by molar-refractivity contribution is 5.74. The Labute approximate surface area is 95.4 Å². The Balaban J connectivity index is 1.94. The van der Waals surface area contributed by atoms with Crippen LogP contribution in [-0.2, 0) is 0 Å². The zero-order valence-corrected chi connectivity index (χ0v) is 9.53. The summed E-state index contributed by atoms with van der Waals surface area (Å²) in [5.41, 5.74) is 3.76. The summed E-state index contributed by atoms with van der Waals surface area (Å²) in [5, 5.41) is 0. The van der Waals surface area contributed by atoms with Crippen LogP contribution >= 0.6 is 0 Å². The number of imidazole rings is 1. The molecule has 1 aliphatic rings. The van der Waals surface area contributed by atoms with Gasteiger partial charge < -0.3 is 4.98 Å². The predicted molar refractivity (Wildman–Crippen MR) is 66.4 cm³/mol. The molecule has 0 aliphatic heterocycles. The molecule has 0 saturated carbocycles. The van der Waals surface area contributed by atoms with Crippen LogP contribution in [0.4, 0.5) is 0 Å². The molecule has 1 aromatic carbocycles. The van der Waals surface area contributed by atoms with Crippen molar-refractivity contribution in [2.75, 3.05) is 0 Å². The highest BCUT2D eigenvalue weighted by atomic mass is 14.9. The monoisotopic (exact) mass is 212 g/mol. The van der Waals surface area contributed by atoms with E-state index in [1.807, 2.05) is 6.07 Å². The van der Waals surface area contributed by atoms with Crippen LogP contribution < -0.4 is 0 Å². The molecule has 82 valence electrons. The average Bonchev–Trinajstić information content (AvgIpc) is 2.73.